The minimum Gasteiger partial charge on any atom is -0.465 e. The van der Waals surface area contributed by atoms with E-state index in [0.29, 0.717) is 78.3 Å². The third-order valence-electron chi connectivity index (χ3n) is 42.3. The van der Waals surface area contributed by atoms with Gasteiger partial charge in [-0.15, -0.1) is 0 Å². The predicted molar refractivity (Wildman–Crippen MR) is 582 cm³/mol. The highest BCUT2D eigenvalue weighted by atomic mass is 16.6. The molecule has 0 amide bonds. The highest BCUT2D eigenvalue weighted by Crippen LogP contribution is 2.68. The lowest BCUT2D eigenvalue weighted by Gasteiger charge is -2.61. The molecule has 135 heavy (non-hydrogen) atoms. The van der Waals surface area contributed by atoms with E-state index in [4.69, 9.17) is 28.8 Å². The largest absolute Gasteiger partial charge is 0.465 e. The summed E-state index contributed by atoms with van der Waals surface area (Å²) in [6, 6.07) is 0. The van der Waals surface area contributed by atoms with E-state index in [9.17, 15) is 34.2 Å². The molecule has 21 rings (SSSR count). The van der Waals surface area contributed by atoms with Gasteiger partial charge in [0.2, 0.25) is 0 Å². The summed E-state index contributed by atoms with van der Waals surface area (Å²) >= 11 is 0. The summed E-state index contributed by atoms with van der Waals surface area (Å²) in [6.07, 6.45) is 29.9. The van der Waals surface area contributed by atoms with Gasteiger partial charge in [-0.3, -0.25) is 24.0 Å². The smallest absolute Gasteiger partial charge is 0.312 e. The van der Waals surface area contributed by atoms with Crippen molar-refractivity contribution in [3.63, 3.8) is 0 Å². The first kappa shape index (κ1) is 138. The highest BCUT2D eigenvalue weighted by Gasteiger charge is 2.65. The number of hydrogen-bond donors (Lipinski definition) is 3. The molecule has 1 spiro atoms. The molecule has 20 bridgehead atoms. The van der Waals surface area contributed by atoms with Gasteiger partial charge >= 0.3 is 29.8 Å². The van der Waals surface area contributed by atoms with Crippen LogP contribution in [0.15, 0.2) is 0 Å². The van der Waals surface area contributed by atoms with Crippen molar-refractivity contribution >= 4 is 29.8 Å². The van der Waals surface area contributed by atoms with Gasteiger partial charge in [0, 0.05) is 18.9 Å². The average Bonchev–Trinajstić information content (AvgIpc) is 1.20. The molecule has 40 atom stereocenters. The Bertz CT molecular complexity index is 3430. The first-order chi connectivity index (χ1) is 55.5. The third-order valence-corrected chi connectivity index (χ3v) is 42.3. The monoisotopic (exact) mass is 1920 g/mol. The number of aliphatic hydroxyl groups excluding tert-OH is 2. The van der Waals surface area contributed by atoms with Crippen LogP contribution in [0.5, 0.6) is 0 Å². The zero-order chi connectivity index (χ0) is 87.1. The van der Waals surface area contributed by atoms with Crippen LogP contribution in [0.3, 0.4) is 0 Å². The highest BCUT2D eigenvalue weighted by molar-refractivity contribution is 5.80. The molecule has 20 aliphatic carbocycles. The molecule has 0 aromatic rings. The molecule has 0 radical (unpaired) electrons. The van der Waals surface area contributed by atoms with Crippen molar-refractivity contribution in [1.82, 2.24) is 0 Å². The molecule has 13 heteroatoms. The second-order valence-electron chi connectivity index (χ2n) is 49.8. The molecule has 0 aromatic carbocycles. The molecule has 40 unspecified atom stereocenters. The third kappa shape index (κ3) is 27.3. The Labute approximate surface area is 843 Å². The first-order valence-corrected chi connectivity index (χ1v) is 50.6. The fourth-order valence-electron chi connectivity index (χ4n) is 33.2. The fraction of sp³-hybridized carbons (Fsp3) is 0.959. The molecule has 21 aliphatic rings. The summed E-state index contributed by atoms with van der Waals surface area (Å²) in [5.41, 5.74) is -1.14. The number of rotatable bonds is 10. The standard InChI is InChI=1S/C23H36O2.C15H26O2.C14H24O2.C12H18O2.C12H22O.C11H18O2.C10H18O.C9H16O.16CH4/c1-13-14(2)19-8-18(13)9-20(19)21(24)25-22(3,4)23-10-15-5-16(11-23)7-17(6-15)12-23;1-6-15(4,5)17-14(16)13-8-11-7-12(13)10(3)9(11)2;1-8-9(2)11-6-10(8)7-12(11)13(15)16-14(3,4)5;1-7-8(2)10-5-9(7)6-12(10)3-4-14-11(12)13;1-7-8(2)10-5-9(7)6-11(10)12(3,4)13;1-6-7(2)10-4-9(6)5-11(10)13-8(3)12;1-6-7(2)10-4-8(6)3-9(10)5-11;1-5-6(2)8-3-7(5)4-9(8)10;;;;;;;;;;;;;;;;/h13-20H,5-12H2,1-4H3;9-13H,6-8H2,1-5H3;8-12H,6-7H2,1-5H3;7-10H,3-6H2,1-2H3;7-11,13H,5-6H2,1-4H3;6-7,9-11H,4-5H2,1-3H3;6-11H,3-5H2,1-2H3;5-10H,3-4H2,1-2H3;16*1H4. The minimum absolute atomic E-state index is 0. The molecule has 13 nitrogen and oxygen atoms in total. The van der Waals surface area contributed by atoms with Crippen molar-refractivity contribution < 1.29 is 63.0 Å². The van der Waals surface area contributed by atoms with Gasteiger partial charge in [-0.2, -0.15) is 0 Å². The Morgan fingerprint density at radius 2 is 0.704 bits per heavy atom. The van der Waals surface area contributed by atoms with Gasteiger partial charge in [-0.25, -0.2) is 0 Å². The summed E-state index contributed by atoms with van der Waals surface area (Å²) in [5, 5.41) is 28.6. The second kappa shape index (κ2) is 52.8. The number of cyclic esters (lactones) is 1. The van der Waals surface area contributed by atoms with E-state index in [1.165, 1.54) is 110 Å². The van der Waals surface area contributed by atoms with Crippen LogP contribution in [-0.2, 0) is 47.7 Å². The number of hydrogen-bond acceptors (Lipinski definition) is 13. The molecular formula is C122H242O13. The fourth-order valence-corrected chi connectivity index (χ4v) is 33.2. The molecule has 808 valence electrons. The average molecular weight is 1920 g/mol. The normalized spacial score (nSPS) is 44.2. The van der Waals surface area contributed by atoms with E-state index in [-0.39, 0.29) is 206 Å². The lowest BCUT2D eigenvalue weighted by Crippen LogP contribution is -2.57. The van der Waals surface area contributed by atoms with E-state index in [1.54, 1.807) is 0 Å². The number of aliphatic hydroxyl groups is 3. The number of fused-ring (bicyclic) bond motifs is 17. The van der Waals surface area contributed by atoms with Crippen LogP contribution in [0.25, 0.3) is 0 Å². The maximum absolute atomic E-state index is 13.2. The molecule has 3 N–H and O–H groups in total. The van der Waals surface area contributed by atoms with Crippen molar-refractivity contribution in [3.8, 4) is 0 Å². The van der Waals surface area contributed by atoms with Crippen molar-refractivity contribution in [1.29, 1.82) is 0 Å². The van der Waals surface area contributed by atoms with Gasteiger partial charge in [0.05, 0.1) is 41.5 Å². The van der Waals surface area contributed by atoms with Crippen LogP contribution in [0.2, 0.25) is 0 Å². The lowest BCUT2D eigenvalue weighted by molar-refractivity contribution is -0.204. The first-order valence-electron chi connectivity index (χ1n) is 50.6. The number of ether oxygens (including phenoxy) is 5. The van der Waals surface area contributed by atoms with Crippen molar-refractivity contribution in [2.75, 3.05) is 13.2 Å². The van der Waals surface area contributed by atoms with Crippen LogP contribution in [0.4, 0.5) is 0 Å². The van der Waals surface area contributed by atoms with Gasteiger partial charge < -0.3 is 39.0 Å². The van der Waals surface area contributed by atoms with Crippen LogP contribution >= 0.6 is 0 Å². The van der Waals surface area contributed by atoms with E-state index < -0.39 is 5.60 Å². The molecule has 1 saturated heterocycles. The molecule has 1 heterocycles. The van der Waals surface area contributed by atoms with Gasteiger partial charge in [0.15, 0.2) is 0 Å². The SMILES string of the molecule is C.C.C.C.C.C.C.C.C.C.C.C.C.C.C.C.CC(=O)OC1CC2CC1C(C)C2C.CC1C2CC(C(=O)OC(C)(C)C)C(C2)C1C.CC1C2CC(C(=O)OC(C)(C)C34CC5CC(CC(C5)C3)C4)C(C2)C1C.CC1C2CC(C1C)C(C(C)(C)O)C2.CC1C2CC(C1C)C1(CCOC1=O)C2.CC1C2CC(CO)C(C2)C1C.CC1C2CC(O)C(C2)C1C.CCC(C)(C)OC(=O)C1CC2CC1C(C)C2C. The summed E-state index contributed by atoms with van der Waals surface area (Å²) in [7, 11) is 0. The summed E-state index contributed by atoms with van der Waals surface area (Å²) in [4.78, 5) is 60.2. The van der Waals surface area contributed by atoms with E-state index in [1.807, 2.05) is 48.5 Å². The topological polar surface area (TPSA) is 192 Å². The number of carbonyl (C=O) groups excluding carboxylic acids is 5. The Balaban J connectivity index is -0.000000724. The van der Waals surface area contributed by atoms with Crippen LogP contribution in [-0.4, -0.2) is 93.0 Å². The van der Waals surface area contributed by atoms with Gasteiger partial charge in [-0.1, -0.05) is 237 Å². The Hall–Kier alpha value is -2.77. The van der Waals surface area contributed by atoms with Gasteiger partial charge in [-0.05, 0) is 435 Å². The number of esters is 5. The van der Waals surface area contributed by atoms with Crippen LogP contribution < -0.4 is 0 Å². The lowest BCUT2D eigenvalue weighted by atomic mass is 9.46. The van der Waals surface area contributed by atoms with Crippen LogP contribution in [0.1, 0.15) is 460 Å². The quantitative estimate of drug-likeness (QED) is 0.138. The van der Waals surface area contributed by atoms with Gasteiger partial charge in [0.1, 0.15) is 22.9 Å². The van der Waals surface area contributed by atoms with Crippen molar-refractivity contribution in [2.45, 2.75) is 494 Å². The summed E-state index contributed by atoms with van der Waals surface area (Å²) in [5.74, 6) is 29.3. The molecule has 0 aromatic heterocycles. The Morgan fingerprint density at radius 3 is 1.00 bits per heavy atom. The van der Waals surface area contributed by atoms with Gasteiger partial charge in [0.25, 0.3) is 0 Å². The zero-order valence-corrected chi connectivity index (χ0v) is 80.6. The van der Waals surface area contributed by atoms with Crippen LogP contribution in [0, 0.1) is 248 Å². The van der Waals surface area contributed by atoms with Crippen molar-refractivity contribution in [2.24, 2.45) is 248 Å². The van der Waals surface area contributed by atoms with E-state index in [2.05, 4.69) is 132 Å². The summed E-state index contributed by atoms with van der Waals surface area (Å²) < 4.78 is 28.1. The molecular weight excluding hydrogens is 1670 g/mol. The number of carbonyl (C=O) groups is 5. The maximum atomic E-state index is 13.2. The molecule has 1 aliphatic heterocycles. The van der Waals surface area contributed by atoms with E-state index >= 15 is 0 Å². The zero-order valence-electron chi connectivity index (χ0n) is 80.6. The minimum atomic E-state index is -0.451. The second-order valence-corrected chi connectivity index (χ2v) is 49.8. The maximum Gasteiger partial charge on any atom is 0.312 e. The molecule has 21 fully saturated rings. The predicted octanol–water partition coefficient (Wildman–Crippen LogP) is 33.2. The molecule has 20 saturated carbocycles. The van der Waals surface area contributed by atoms with Crippen molar-refractivity contribution in [3.05, 3.63) is 0 Å². The Morgan fingerprint density at radius 1 is 0.370 bits per heavy atom. The summed E-state index contributed by atoms with van der Waals surface area (Å²) in [6.45, 7) is 60.4. The van der Waals surface area contributed by atoms with E-state index in [0.717, 1.165) is 205 Å². The Kier molecular flexibility index (Phi) is 54.2.